The van der Waals surface area contributed by atoms with Gasteiger partial charge in [-0.15, -0.1) is 9.05 Å². The molecule has 0 aromatic heterocycles. The first-order valence-electron chi connectivity index (χ1n) is 4.54. The highest BCUT2D eigenvalue weighted by atomic mass is 31.1. The van der Waals surface area contributed by atoms with Gasteiger partial charge in [0.25, 0.3) is 0 Å². The molecule has 0 aromatic carbocycles. The van der Waals surface area contributed by atoms with E-state index in [-0.39, 0.29) is 1.43 Å². The molecule has 72 valence electrons. The number of hydrogen-bond donors (Lipinski definition) is 0. The molecule has 0 heterocycles. The number of unbranched alkanes of at least 4 members (excludes halogenated alkanes) is 2. The van der Waals surface area contributed by atoms with Gasteiger partial charge in [-0.3, -0.25) is 0 Å². The summed E-state index contributed by atoms with van der Waals surface area (Å²) in [5, 5.41) is 0. The Kier molecular flexibility index (Phi) is 9.13. The van der Waals surface area contributed by atoms with Crippen LogP contribution in [0, 0.1) is 0 Å². The lowest BCUT2D eigenvalue weighted by molar-refractivity contribution is 0.221. The van der Waals surface area contributed by atoms with Crippen LogP contribution in [0.15, 0.2) is 0 Å². The second-order valence-electron chi connectivity index (χ2n) is 2.60. The highest BCUT2D eigenvalue weighted by molar-refractivity contribution is 7.33. The smallest absolute Gasteiger partial charge is 0.119 e. The van der Waals surface area contributed by atoms with Crippen LogP contribution in [-0.2, 0) is 13.6 Å². The molecule has 0 radical (unpaired) electrons. The zero-order chi connectivity index (χ0) is 9.23. The van der Waals surface area contributed by atoms with Crippen LogP contribution in [0.25, 0.3) is 0 Å². The van der Waals surface area contributed by atoms with Crippen LogP contribution in [-0.4, -0.2) is 13.2 Å². The van der Waals surface area contributed by atoms with Crippen LogP contribution in [0.2, 0.25) is 0 Å². The lowest BCUT2D eigenvalue weighted by Gasteiger charge is -1.89. The van der Waals surface area contributed by atoms with Gasteiger partial charge in [-0.05, 0) is 12.8 Å². The van der Waals surface area contributed by atoms with Gasteiger partial charge in [0.1, 0.15) is 13.2 Å². The minimum atomic E-state index is -1.85. The van der Waals surface area contributed by atoms with Crippen LogP contribution >= 0.6 is 8.25 Å². The summed E-state index contributed by atoms with van der Waals surface area (Å²) in [6, 6.07) is 0. The van der Waals surface area contributed by atoms with Gasteiger partial charge in [0, 0.05) is 4.57 Å². The van der Waals surface area contributed by atoms with Crippen LogP contribution in [0.4, 0.5) is 0 Å². The molecule has 12 heavy (non-hydrogen) atoms. The normalized spacial score (nSPS) is 10.2. The van der Waals surface area contributed by atoms with Crippen molar-refractivity contribution in [3.63, 3.8) is 0 Å². The highest BCUT2D eigenvalue weighted by Gasteiger charge is 2.18. The first kappa shape index (κ1) is 12.0. The fraction of sp³-hybridized carbons (Fsp3) is 1.00. The Morgan fingerprint density at radius 3 is 1.83 bits per heavy atom. The summed E-state index contributed by atoms with van der Waals surface area (Å²) in [5.74, 6) is 0. The Morgan fingerprint density at radius 1 is 1.08 bits per heavy atom. The van der Waals surface area contributed by atoms with Gasteiger partial charge in [-0.2, -0.15) is 0 Å². The molecule has 0 rings (SSSR count). The maximum absolute atomic E-state index is 10.9. The van der Waals surface area contributed by atoms with Crippen molar-refractivity contribution in [2.45, 2.75) is 39.5 Å². The van der Waals surface area contributed by atoms with Crippen molar-refractivity contribution in [1.82, 2.24) is 0 Å². The van der Waals surface area contributed by atoms with Crippen LogP contribution in [0.3, 0.4) is 0 Å². The van der Waals surface area contributed by atoms with E-state index in [1.807, 2.05) is 0 Å². The van der Waals surface area contributed by atoms with Gasteiger partial charge in [-0.25, -0.2) is 0 Å². The molecule has 0 atom stereocenters. The quantitative estimate of drug-likeness (QED) is 0.439. The average molecular weight is 194 g/mol. The summed E-state index contributed by atoms with van der Waals surface area (Å²) in [5.41, 5.74) is 0. The van der Waals surface area contributed by atoms with Gasteiger partial charge in [-0.1, -0.05) is 26.7 Å². The third kappa shape index (κ3) is 8.12. The van der Waals surface area contributed by atoms with Crippen molar-refractivity contribution in [3.8, 4) is 0 Å². The van der Waals surface area contributed by atoms with E-state index in [4.69, 9.17) is 9.05 Å². The highest BCUT2D eigenvalue weighted by Crippen LogP contribution is 2.24. The molecule has 0 spiro atoms. The van der Waals surface area contributed by atoms with E-state index in [0.29, 0.717) is 13.2 Å². The molecule has 0 saturated heterocycles. The molecule has 0 unspecified atom stereocenters. The summed E-state index contributed by atoms with van der Waals surface area (Å²) in [4.78, 5) is 0. The van der Waals surface area contributed by atoms with Gasteiger partial charge in [0.15, 0.2) is 0 Å². The Balaban J connectivity index is 0. The Hall–Kier alpha value is 0.0200. The van der Waals surface area contributed by atoms with E-state index in [9.17, 15) is 4.57 Å². The molecule has 4 heteroatoms. The second-order valence-corrected chi connectivity index (χ2v) is 3.56. The van der Waals surface area contributed by atoms with Crippen molar-refractivity contribution in [3.05, 3.63) is 0 Å². The molecule has 0 bridgehead atoms. The molecule has 0 saturated carbocycles. The maximum atomic E-state index is 10.9. The minimum Gasteiger partial charge on any atom is -0.119 e. The molecule has 0 amide bonds. The van der Waals surface area contributed by atoms with Gasteiger partial charge in [0.2, 0.25) is 0 Å². The Morgan fingerprint density at radius 2 is 1.50 bits per heavy atom. The monoisotopic (exact) mass is 194 g/mol. The fourth-order valence-corrected chi connectivity index (χ4v) is 1.23. The van der Waals surface area contributed by atoms with E-state index in [2.05, 4.69) is 13.8 Å². The maximum Gasteiger partial charge on any atom is 1.00 e. The summed E-state index contributed by atoms with van der Waals surface area (Å²) in [6.45, 7) is 5.21. The molecule has 0 aliphatic rings. The first-order chi connectivity index (χ1) is 5.81. The lowest BCUT2D eigenvalue weighted by Crippen LogP contribution is -1.90. The molecule has 0 N–H and O–H groups in total. The average Bonchev–Trinajstić information content (AvgIpc) is 2.06. The Labute approximate surface area is 76.9 Å². The Bertz CT molecular complexity index is 110. The predicted molar refractivity (Wildman–Crippen MR) is 50.4 cm³/mol. The van der Waals surface area contributed by atoms with E-state index in [1.54, 1.807) is 0 Å². The molecular formula is C8H19O3P+2. The van der Waals surface area contributed by atoms with E-state index in [0.717, 1.165) is 25.7 Å². The molecule has 0 aromatic rings. The minimum absolute atomic E-state index is 0. The van der Waals surface area contributed by atoms with Crippen molar-refractivity contribution in [2.24, 2.45) is 0 Å². The first-order valence-corrected chi connectivity index (χ1v) is 5.63. The van der Waals surface area contributed by atoms with E-state index >= 15 is 0 Å². The zero-order valence-corrected chi connectivity index (χ0v) is 8.81. The van der Waals surface area contributed by atoms with Crippen molar-refractivity contribution in [1.29, 1.82) is 0 Å². The van der Waals surface area contributed by atoms with Crippen LogP contribution in [0.5, 0.6) is 0 Å². The summed E-state index contributed by atoms with van der Waals surface area (Å²) in [6.07, 6.45) is 3.99. The van der Waals surface area contributed by atoms with E-state index in [1.165, 1.54) is 0 Å². The molecular weight excluding hydrogens is 175 g/mol. The van der Waals surface area contributed by atoms with Gasteiger partial charge < -0.3 is 0 Å². The SMILES string of the molecule is CCCCO[P+](=O)OCCCC.[H+]. The predicted octanol–water partition coefficient (Wildman–Crippen LogP) is 3.39. The van der Waals surface area contributed by atoms with Crippen LogP contribution in [0.1, 0.15) is 41.0 Å². The van der Waals surface area contributed by atoms with E-state index < -0.39 is 8.25 Å². The second kappa shape index (κ2) is 9.11. The molecule has 0 fully saturated rings. The van der Waals surface area contributed by atoms with Crippen LogP contribution < -0.4 is 0 Å². The summed E-state index contributed by atoms with van der Waals surface area (Å²) >= 11 is 0. The van der Waals surface area contributed by atoms with Gasteiger partial charge >= 0.3 is 9.68 Å². The molecule has 0 aliphatic carbocycles. The molecule has 3 nitrogen and oxygen atoms in total. The largest absolute Gasteiger partial charge is 1.00 e. The number of rotatable bonds is 8. The zero-order valence-electron chi connectivity index (χ0n) is 8.91. The van der Waals surface area contributed by atoms with Gasteiger partial charge in [0.05, 0.1) is 0 Å². The topological polar surface area (TPSA) is 35.5 Å². The third-order valence-corrected chi connectivity index (χ3v) is 2.18. The fourth-order valence-electron chi connectivity index (χ4n) is 0.604. The number of hydrogen-bond acceptors (Lipinski definition) is 3. The standard InChI is InChI=1S/C8H18O3P/c1-3-5-7-10-12(9)11-8-6-4-2/h3-8H2,1-2H3/q+1/p+1. The summed E-state index contributed by atoms with van der Waals surface area (Å²) < 4.78 is 20.7. The van der Waals surface area contributed by atoms with Crippen molar-refractivity contribution < 1.29 is 15.0 Å². The third-order valence-electron chi connectivity index (χ3n) is 1.39. The molecule has 0 aliphatic heterocycles. The summed E-state index contributed by atoms with van der Waals surface area (Å²) in [7, 11) is -1.85. The van der Waals surface area contributed by atoms with Crippen molar-refractivity contribution in [2.75, 3.05) is 13.2 Å². The lowest BCUT2D eigenvalue weighted by atomic mass is 10.4. The van der Waals surface area contributed by atoms with Crippen molar-refractivity contribution >= 4 is 8.25 Å².